The van der Waals surface area contributed by atoms with Crippen LogP contribution < -0.4 is 19.7 Å². The molecule has 8 aromatic rings. The lowest BCUT2D eigenvalue weighted by Gasteiger charge is -2.34. The molecule has 80 heavy (non-hydrogen) atoms. The van der Waals surface area contributed by atoms with Gasteiger partial charge in [0.1, 0.15) is 68.6 Å². The van der Waals surface area contributed by atoms with Crippen LogP contribution in [0.4, 0.5) is 20.4 Å². The highest BCUT2D eigenvalue weighted by Crippen LogP contribution is 2.44. The molecule has 5 saturated heterocycles. The van der Waals surface area contributed by atoms with E-state index in [2.05, 4.69) is 44.9 Å². The number of rotatable bonds is 14. The van der Waals surface area contributed by atoms with Crippen LogP contribution in [-0.2, 0) is 9.84 Å². The van der Waals surface area contributed by atoms with Crippen LogP contribution in [0.1, 0.15) is 77.0 Å². The van der Waals surface area contributed by atoms with Gasteiger partial charge in [0.25, 0.3) is 0 Å². The average Bonchev–Trinajstić information content (AvgIpc) is 4.37. The Labute approximate surface area is 463 Å². The first kappa shape index (κ1) is 52.3. The van der Waals surface area contributed by atoms with Crippen molar-refractivity contribution in [1.82, 2.24) is 39.7 Å². The lowest BCUT2D eigenvalue weighted by molar-refractivity contribution is 0.108. The molecular weight excluding hydrogens is 1040 g/mol. The van der Waals surface area contributed by atoms with Gasteiger partial charge in [0.2, 0.25) is 0 Å². The Morgan fingerprint density at radius 1 is 0.650 bits per heavy atom. The quantitative estimate of drug-likeness (QED) is 0.0871. The van der Waals surface area contributed by atoms with Crippen LogP contribution in [0.25, 0.3) is 65.9 Å². The maximum atomic E-state index is 16.5. The van der Waals surface area contributed by atoms with Crippen molar-refractivity contribution in [3.63, 3.8) is 0 Å². The number of halogens is 2. The lowest BCUT2D eigenvalue weighted by Crippen LogP contribution is -2.43. The second-order valence-corrected chi connectivity index (χ2v) is 25.5. The summed E-state index contributed by atoms with van der Waals surface area (Å²) in [6, 6.07) is 21.7. The van der Waals surface area contributed by atoms with Gasteiger partial charge >= 0.3 is 12.0 Å². The molecule has 1 saturated carbocycles. The number of hydrogen-bond acceptors (Lipinski definition) is 16. The van der Waals surface area contributed by atoms with Crippen LogP contribution in [0.5, 0.6) is 23.5 Å². The summed E-state index contributed by atoms with van der Waals surface area (Å²) in [5, 5.41) is 28.0. The van der Waals surface area contributed by atoms with Gasteiger partial charge in [-0.3, -0.25) is 19.8 Å². The van der Waals surface area contributed by atoms with Crippen molar-refractivity contribution in [1.29, 1.82) is 0 Å². The number of aromatic hydroxyl groups is 2. The van der Waals surface area contributed by atoms with Crippen molar-refractivity contribution in [3.05, 3.63) is 96.8 Å². The highest BCUT2D eigenvalue weighted by Gasteiger charge is 2.46. The summed E-state index contributed by atoms with van der Waals surface area (Å²) in [6.07, 6.45) is 17.5. The zero-order valence-electron chi connectivity index (χ0n) is 45.0. The van der Waals surface area contributed by atoms with Gasteiger partial charge in [-0.25, -0.2) is 17.2 Å². The molecule has 0 amide bonds. The largest absolute Gasteiger partial charge is 0.508 e. The van der Waals surface area contributed by atoms with Gasteiger partial charge in [-0.2, -0.15) is 19.9 Å². The van der Waals surface area contributed by atoms with Crippen LogP contribution >= 0.6 is 0 Å². The number of benzene rings is 4. The van der Waals surface area contributed by atoms with E-state index in [1.165, 1.54) is 50.6 Å². The van der Waals surface area contributed by atoms with Gasteiger partial charge in [0.05, 0.1) is 27.6 Å². The monoisotopic (exact) mass is 1100 g/mol. The number of anilines is 2. The van der Waals surface area contributed by atoms with Crippen molar-refractivity contribution >= 4 is 64.8 Å². The number of phenols is 2. The molecule has 2 unspecified atom stereocenters. The average molecular weight is 1110 g/mol. The molecule has 6 fully saturated rings. The fourth-order valence-electron chi connectivity index (χ4n) is 14.2. The minimum Gasteiger partial charge on any atom is -0.508 e. The number of nitrogens with zero attached hydrogens (tertiary/aromatic N) is 9. The van der Waals surface area contributed by atoms with Gasteiger partial charge in [-0.05, 0) is 161 Å². The Morgan fingerprint density at radius 3 is 1.66 bits per heavy atom. The number of pyridine rings is 2. The number of hydrogen-bond donors (Lipinski definition) is 3. The lowest BCUT2D eigenvalue weighted by atomic mass is 9.95. The zero-order valence-corrected chi connectivity index (χ0v) is 45.8. The first-order valence-electron chi connectivity index (χ1n) is 28.4. The van der Waals surface area contributed by atoms with E-state index in [4.69, 9.17) is 14.5 Å². The number of sulfone groups is 1. The topological polar surface area (TPSA) is 192 Å². The molecular formula is C61H66F2N10O6S. The zero-order chi connectivity index (χ0) is 54.8. The van der Waals surface area contributed by atoms with Crippen molar-refractivity contribution in [2.24, 2.45) is 11.8 Å². The molecule has 2 bridgehead atoms. The summed E-state index contributed by atoms with van der Waals surface area (Å²) in [4.78, 5) is 35.0. The van der Waals surface area contributed by atoms with E-state index in [1.54, 1.807) is 24.4 Å². The van der Waals surface area contributed by atoms with Crippen molar-refractivity contribution in [2.75, 3.05) is 81.3 Å². The molecule has 2 atom stereocenters. The fourth-order valence-corrected chi connectivity index (χ4v) is 14.8. The molecule has 5 aliphatic heterocycles. The highest BCUT2D eigenvalue weighted by molar-refractivity contribution is 7.90. The molecule has 416 valence electrons. The van der Waals surface area contributed by atoms with Gasteiger partial charge in [-0.1, -0.05) is 48.5 Å². The normalized spacial score (nSPS) is 20.4. The second-order valence-electron chi connectivity index (χ2n) is 23.3. The number of ether oxygens (including phenoxy) is 2. The molecule has 9 heterocycles. The second kappa shape index (κ2) is 21.1. The number of nitrogens with one attached hydrogen (secondary N) is 1. The van der Waals surface area contributed by atoms with Crippen LogP contribution in [0.15, 0.2) is 85.2 Å². The van der Waals surface area contributed by atoms with E-state index < -0.39 is 21.5 Å². The Kier molecular flexibility index (Phi) is 13.8. The third-order valence-electron chi connectivity index (χ3n) is 18.0. The molecule has 4 aromatic heterocycles. The minimum absolute atomic E-state index is 0.00637. The predicted molar refractivity (Wildman–Crippen MR) is 306 cm³/mol. The fraction of sp³-hybridized carbons (Fsp3) is 0.443. The summed E-state index contributed by atoms with van der Waals surface area (Å²) in [5.41, 5.74) is 1.50. The first-order valence-corrected chi connectivity index (χ1v) is 30.4. The molecule has 0 radical (unpaired) electrons. The smallest absolute Gasteiger partial charge is 0.319 e. The summed E-state index contributed by atoms with van der Waals surface area (Å²) in [7, 11) is -3.12. The van der Waals surface area contributed by atoms with Crippen LogP contribution in [0.2, 0.25) is 0 Å². The van der Waals surface area contributed by atoms with Crippen LogP contribution in [0, 0.1) is 23.5 Å². The van der Waals surface area contributed by atoms with Gasteiger partial charge in [0.15, 0.2) is 11.6 Å². The summed E-state index contributed by atoms with van der Waals surface area (Å²) in [6.45, 7) is 7.43. The number of aromatic nitrogens is 6. The molecule has 0 spiro atoms. The summed E-state index contributed by atoms with van der Waals surface area (Å²) < 4.78 is 68.5. The summed E-state index contributed by atoms with van der Waals surface area (Å²) in [5.74, 6) is 1.29. The Hall–Kier alpha value is -7.09. The number of phenolic OH excluding ortho intramolecular Hbond substituents is 2. The minimum atomic E-state index is -3.12. The molecule has 16 nitrogen and oxygen atoms in total. The van der Waals surface area contributed by atoms with E-state index >= 15 is 8.78 Å². The van der Waals surface area contributed by atoms with Crippen molar-refractivity contribution < 1.29 is 36.9 Å². The van der Waals surface area contributed by atoms with E-state index in [-0.39, 0.29) is 62.8 Å². The maximum absolute atomic E-state index is 16.5. The Bertz CT molecular complexity index is 3780. The van der Waals surface area contributed by atoms with Crippen molar-refractivity contribution in [2.45, 2.75) is 88.1 Å². The van der Waals surface area contributed by atoms with Gasteiger partial charge < -0.3 is 29.9 Å². The molecule has 4 aromatic carbocycles. The van der Waals surface area contributed by atoms with Gasteiger partial charge in [-0.15, -0.1) is 0 Å². The first-order chi connectivity index (χ1) is 38.8. The molecule has 3 N–H and O–H groups in total. The Balaban J connectivity index is 0.000000151. The predicted octanol–water partition coefficient (Wildman–Crippen LogP) is 10.5. The molecule has 1 aliphatic carbocycles. The Morgan fingerprint density at radius 2 is 1.14 bits per heavy atom. The SMILES string of the molecule is CS(=O)(=O)CCCNc1nc(OCC23CCCN2CCC3)nc2c(F)c(-c3cc(O)cc4ccccc34)ncc12.Oc1cc(-c2ncc3c(N4CC5CCC(C5)C4)nc(OCC45CCCN4CCC5)nc3c2F)c2ccccc2c1. The standard InChI is InChI=1S/C32H34FN5O2.C29H32FN5O4S/c33-27-28(25-15-23(39)14-22-5-1-2-6-24(22)25)34-16-26-29(27)35-31(40-19-32-9-3-11-38(32)12-4-10-32)36-30(26)37-17-20-7-8-21(13-20)18-37;1-40(37,38)14-6-11-31-27-23-17-32-25(22-16-20(36)15-19-7-2-3-8-21(19)22)24(30)26(23)33-28(34-27)39-18-29-9-4-12-35(29)13-5-10-29/h1-2,5-6,14-16,20-21,39H,3-4,7-13,17-19H2;2-3,7-8,15-17,36H,4-6,9-14,18H2,1H3,(H,31,33,34). The van der Waals surface area contributed by atoms with E-state index in [0.29, 0.717) is 65.7 Å². The van der Waals surface area contributed by atoms with E-state index in [1.807, 2.05) is 48.5 Å². The van der Waals surface area contributed by atoms with E-state index in [9.17, 15) is 18.6 Å². The summed E-state index contributed by atoms with van der Waals surface area (Å²) >= 11 is 0. The van der Waals surface area contributed by atoms with Crippen molar-refractivity contribution in [3.8, 4) is 46.0 Å². The number of piperidine rings is 1. The van der Waals surface area contributed by atoms with Crippen LogP contribution in [-0.4, -0.2) is 140 Å². The number of fused-ring (bicyclic) bond motifs is 8. The highest BCUT2D eigenvalue weighted by atomic mass is 32.2. The molecule has 14 rings (SSSR count). The third-order valence-corrected chi connectivity index (χ3v) is 19.0. The molecule has 6 aliphatic rings. The maximum Gasteiger partial charge on any atom is 0.319 e. The van der Waals surface area contributed by atoms with Gasteiger partial charge in [0, 0.05) is 49.4 Å². The van der Waals surface area contributed by atoms with Crippen LogP contribution in [0.3, 0.4) is 0 Å². The van der Waals surface area contributed by atoms with E-state index in [0.717, 1.165) is 105 Å². The third kappa shape index (κ3) is 10.0. The molecule has 19 heteroatoms.